The van der Waals surface area contributed by atoms with Crippen LogP contribution in [-0.4, -0.2) is 23.9 Å². The Morgan fingerprint density at radius 2 is 2.10 bits per heavy atom. The molecule has 0 aromatic rings. The summed E-state index contributed by atoms with van der Waals surface area (Å²) >= 11 is 0. The van der Waals surface area contributed by atoms with E-state index in [4.69, 9.17) is 0 Å². The molecule has 1 heterocycles. The van der Waals surface area contributed by atoms with E-state index < -0.39 is 0 Å². The molecule has 0 atom stereocenters. The van der Waals surface area contributed by atoms with Crippen LogP contribution in [0.4, 0.5) is 0 Å². The normalized spacial score (nSPS) is 21.6. The van der Waals surface area contributed by atoms with Crippen LogP contribution in [0, 0.1) is 5.41 Å². The zero-order chi connectivity index (χ0) is 7.78. The number of carbonyl (C=O) groups is 1. The van der Waals surface area contributed by atoms with Crippen molar-refractivity contribution in [1.29, 1.82) is 0 Å². The smallest absolute Gasteiger partial charge is 0.245 e. The third-order valence-corrected chi connectivity index (χ3v) is 1.72. The monoisotopic (exact) mass is 139 g/mol. The summed E-state index contributed by atoms with van der Waals surface area (Å²) in [7, 11) is 0. The van der Waals surface area contributed by atoms with Crippen LogP contribution in [0.1, 0.15) is 13.8 Å². The van der Waals surface area contributed by atoms with Gasteiger partial charge in [-0.25, -0.2) is 0 Å². The largest absolute Gasteiger partial charge is 0.338 e. The van der Waals surface area contributed by atoms with Crippen molar-refractivity contribution in [3.8, 4) is 0 Å². The van der Waals surface area contributed by atoms with Crippen LogP contribution in [0.5, 0.6) is 0 Å². The maximum atomic E-state index is 10.9. The Bertz CT molecular complexity index is 164. The van der Waals surface area contributed by atoms with Crippen molar-refractivity contribution < 1.29 is 4.79 Å². The first-order valence-electron chi connectivity index (χ1n) is 3.46. The van der Waals surface area contributed by atoms with Crippen LogP contribution in [0.25, 0.3) is 0 Å². The van der Waals surface area contributed by atoms with Gasteiger partial charge in [0.25, 0.3) is 0 Å². The number of rotatable bonds is 1. The standard InChI is InChI=1S/C8H13NO/c1-4-7(10)9-5-8(2,3)6-9/h4H,1,5-6H2,2-3H3. The second-order valence-electron chi connectivity index (χ2n) is 3.56. The molecule has 1 aliphatic heterocycles. The molecule has 0 unspecified atom stereocenters. The van der Waals surface area contributed by atoms with Crippen LogP contribution >= 0.6 is 0 Å². The van der Waals surface area contributed by atoms with Crippen molar-refractivity contribution in [2.75, 3.05) is 13.1 Å². The maximum Gasteiger partial charge on any atom is 0.245 e. The van der Waals surface area contributed by atoms with Crippen molar-refractivity contribution in [3.05, 3.63) is 12.7 Å². The van der Waals surface area contributed by atoms with Gasteiger partial charge in [0.1, 0.15) is 0 Å². The first kappa shape index (κ1) is 7.32. The van der Waals surface area contributed by atoms with Gasteiger partial charge < -0.3 is 4.90 Å². The molecule has 0 spiro atoms. The predicted molar refractivity (Wildman–Crippen MR) is 40.6 cm³/mol. The van der Waals surface area contributed by atoms with Crippen molar-refractivity contribution in [1.82, 2.24) is 4.90 Å². The van der Waals surface area contributed by atoms with Crippen LogP contribution in [0.2, 0.25) is 0 Å². The number of carbonyl (C=O) groups excluding carboxylic acids is 1. The van der Waals surface area contributed by atoms with Crippen LogP contribution < -0.4 is 0 Å². The Morgan fingerprint density at radius 1 is 1.60 bits per heavy atom. The second-order valence-corrected chi connectivity index (χ2v) is 3.56. The van der Waals surface area contributed by atoms with E-state index in [1.807, 2.05) is 0 Å². The van der Waals surface area contributed by atoms with Gasteiger partial charge in [-0.15, -0.1) is 0 Å². The van der Waals surface area contributed by atoms with E-state index in [0.29, 0.717) is 5.41 Å². The number of hydrogen-bond acceptors (Lipinski definition) is 1. The van der Waals surface area contributed by atoms with E-state index in [2.05, 4.69) is 20.4 Å². The molecule has 0 bridgehead atoms. The summed E-state index contributed by atoms with van der Waals surface area (Å²) in [6.45, 7) is 9.47. The molecule has 2 nitrogen and oxygen atoms in total. The molecule has 1 fully saturated rings. The van der Waals surface area contributed by atoms with Gasteiger partial charge in [0.05, 0.1) is 0 Å². The molecule has 1 rings (SSSR count). The predicted octanol–water partition coefficient (Wildman–Crippen LogP) is 1.04. The lowest BCUT2D eigenvalue weighted by atomic mass is 9.84. The molecular weight excluding hydrogens is 126 g/mol. The van der Waals surface area contributed by atoms with Gasteiger partial charge in [0.2, 0.25) is 5.91 Å². The van der Waals surface area contributed by atoms with E-state index >= 15 is 0 Å². The van der Waals surface area contributed by atoms with Crippen LogP contribution in [-0.2, 0) is 4.79 Å². The molecule has 56 valence electrons. The Kier molecular flexibility index (Phi) is 1.55. The molecule has 10 heavy (non-hydrogen) atoms. The first-order valence-corrected chi connectivity index (χ1v) is 3.46. The quantitative estimate of drug-likeness (QED) is 0.497. The third-order valence-electron chi connectivity index (χ3n) is 1.72. The molecule has 0 radical (unpaired) electrons. The number of hydrogen-bond donors (Lipinski definition) is 0. The minimum absolute atomic E-state index is 0.0549. The van der Waals surface area contributed by atoms with E-state index in [1.165, 1.54) is 6.08 Å². The maximum absolute atomic E-state index is 10.9. The average molecular weight is 139 g/mol. The molecule has 1 aliphatic rings. The van der Waals surface area contributed by atoms with Gasteiger partial charge >= 0.3 is 0 Å². The van der Waals surface area contributed by atoms with Gasteiger partial charge in [-0.3, -0.25) is 4.79 Å². The van der Waals surface area contributed by atoms with Crippen LogP contribution in [0.15, 0.2) is 12.7 Å². The number of likely N-dealkylation sites (tertiary alicyclic amines) is 1. The molecule has 0 N–H and O–H groups in total. The lowest BCUT2D eigenvalue weighted by molar-refractivity contribution is -0.135. The highest BCUT2D eigenvalue weighted by atomic mass is 16.2. The molecule has 0 aromatic carbocycles. The van der Waals surface area contributed by atoms with Gasteiger partial charge in [-0.1, -0.05) is 20.4 Å². The number of nitrogens with zero attached hydrogens (tertiary/aromatic N) is 1. The van der Waals surface area contributed by atoms with Crippen molar-refractivity contribution in [2.24, 2.45) is 5.41 Å². The van der Waals surface area contributed by atoms with Gasteiger partial charge in [-0.2, -0.15) is 0 Å². The SMILES string of the molecule is C=CC(=O)N1CC(C)(C)C1. The molecule has 0 aliphatic carbocycles. The first-order chi connectivity index (χ1) is 4.55. The molecule has 2 heteroatoms. The van der Waals surface area contributed by atoms with Crippen molar-refractivity contribution in [2.45, 2.75) is 13.8 Å². The van der Waals surface area contributed by atoms with Crippen LogP contribution in [0.3, 0.4) is 0 Å². The van der Waals surface area contributed by atoms with Gasteiger partial charge in [-0.05, 0) is 11.5 Å². The Hall–Kier alpha value is -0.790. The fraction of sp³-hybridized carbons (Fsp3) is 0.625. The second kappa shape index (κ2) is 2.11. The minimum Gasteiger partial charge on any atom is -0.338 e. The highest BCUT2D eigenvalue weighted by Crippen LogP contribution is 2.28. The number of amides is 1. The van der Waals surface area contributed by atoms with Gasteiger partial charge in [0.15, 0.2) is 0 Å². The average Bonchev–Trinajstić information content (AvgIpc) is 1.81. The topological polar surface area (TPSA) is 20.3 Å². The summed E-state index contributed by atoms with van der Waals surface area (Å²) in [4.78, 5) is 12.7. The summed E-state index contributed by atoms with van der Waals surface area (Å²) in [6.07, 6.45) is 1.37. The minimum atomic E-state index is 0.0549. The summed E-state index contributed by atoms with van der Waals surface area (Å²) in [6, 6.07) is 0. The zero-order valence-corrected chi connectivity index (χ0v) is 6.55. The summed E-state index contributed by atoms with van der Waals surface area (Å²) in [5.74, 6) is 0.0549. The van der Waals surface area contributed by atoms with E-state index in [-0.39, 0.29) is 5.91 Å². The summed E-state index contributed by atoms with van der Waals surface area (Å²) in [5.41, 5.74) is 0.332. The highest BCUT2D eigenvalue weighted by Gasteiger charge is 2.35. The molecule has 1 amide bonds. The fourth-order valence-corrected chi connectivity index (χ4v) is 1.27. The summed E-state index contributed by atoms with van der Waals surface area (Å²) in [5, 5.41) is 0. The Morgan fingerprint density at radius 3 is 2.40 bits per heavy atom. The van der Waals surface area contributed by atoms with E-state index in [1.54, 1.807) is 4.90 Å². The molecule has 1 saturated heterocycles. The van der Waals surface area contributed by atoms with E-state index in [0.717, 1.165) is 13.1 Å². The molecule has 0 saturated carbocycles. The van der Waals surface area contributed by atoms with E-state index in [9.17, 15) is 4.79 Å². The molecule has 0 aromatic heterocycles. The Balaban J connectivity index is 2.39. The Labute approximate surface area is 61.5 Å². The van der Waals surface area contributed by atoms with Crippen molar-refractivity contribution >= 4 is 5.91 Å². The van der Waals surface area contributed by atoms with Crippen molar-refractivity contribution in [3.63, 3.8) is 0 Å². The highest BCUT2D eigenvalue weighted by molar-refractivity contribution is 5.87. The summed E-state index contributed by atoms with van der Waals surface area (Å²) < 4.78 is 0. The third kappa shape index (κ3) is 1.20. The lowest BCUT2D eigenvalue weighted by Crippen LogP contribution is -2.54. The zero-order valence-electron chi connectivity index (χ0n) is 6.55. The van der Waals surface area contributed by atoms with Gasteiger partial charge in [0, 0.05) is 13.1 Å². The lowest BCUT2D eigenvalue weighted by Gasteiger charge is -2.45. The molecular formula is C8H13NO. The fourth-order valence-electron chi connectivity index (χ4n) is 1.27.